The molecule has 4 nitrogen and oxygen atoms in total. The largest absolute Gasteiger partial charge is 0.508 e. The van der Waals surface area contributed by atoms with Gasteiger partial charge in [-0.3, -0.25) is 9.69 Å². The highest BCUT2D eigenvalue weighted by Crippen LogP contribution is 2.68. The monoisotopic (exact) mass is 342 g/mol. The molecule has 0 aromatic heterocycles. The molecule has 1 saturated carbocycles. The van der Waals surface area contributed by atoms with Crippen molar-refractivity contribution in [3.05, 3.63) is 29.3 Å². The number of fused-ring (bicyclic) bond motifs is 3. The molecule has 1 heterocycles. The first kappa shape index (κ1) is 16.9. The third kappa shape index (κ3) is 2.26. The van der Waals surface area contributed by atoms with Crippen molar-refractivity contribution in [2.24, 2.45) is 17.1 Å². The normalized spacial score (nSPS) is 36.0. The molecule has 3 N–H and O–H groups in total. The lowest BCUT2D eigenvalue weighted by Crippen LogP contribution is -2.66. The van der Waals surface area contributed by atoms with Crippen molar-refractivity contribution in [1.82, 2.24) is 4.90 Å². The molecule has 1 amide bonds. The minimum absolute atomic E-state index is 0.0656. The maximum absolute atomic E-state index is 11.3. The number of phenolic OH excluding ortho intramolecular Hbond substituents is 1. The second-order valence-electron chi connectivity index (χ2n) is 9.03. The van der Waals surface area contributed by atoms with Gasteiger partial charge in [-0.05, 0) is 68.7 Å². The summed E-state index contributed by atoms with van der Waals surface area (Å²) >= 11 is 0. The number of primary amides is 1. The lowest BCUT2D eigenvalue weighted by Gasteiger charge is -2.58. The SMILES string of the molecule is CC(C)N1CC23Cc4ccc(O)cc4[C@](CCCC(N)=O)(C2)[C@@H](C)[C@H]13. The van der Waals surface area contributed by atoms with E-state index in [-0.39, 0.29) is 11.3 Å². The first-order valence-electron chi connectivity index (χ1n) is 9.65. The van der Waals surface area contributed by atoms with Gasteiger partial charge in [-0.2, -0.15) is 0 Å². The Morgan fingerprint density at radius 2 is 2.20 bits per heavy atom. The number of hydrogen-bond acceptors (Lipinski definition) is 3. The van der Waals surface area contributed by atoms with Crippen LogP contribution in [0.3, 0.4) is 0 Å². The maximum atomic E-state index is 11.3. The number of rotatable bonds is 5. The number of likely N-dealkylation sites (tertiary alicyclic amines) is 1. The highest BCUT2D eigenvalue weighted by Gasteiger charge is 2.69. The molecule has 136 valence electrons. The maximum Gasteiger partial charge on any atom is 0.217 e. The first-order valence-corrected chi connectivity index (χ1v) is 9.65. The molecule has 4 atom stereocenters. The van der Waals surface area contributed by atoms with E-state index in [0.717, 1.165) is 19.3 Å². The molecule has 1 aromatic rings. The van der Waals surface area contributed by atoms with E-state index in [1.54, 1.807) is 0 Å². The third-order valence-corrected chi connectivity index (χ3v) is 7.38. The standard InChI is InChI=1S/C21H30N2O2/c1-13(2)23-12-20-10-15-6-7-16(24)9-17(15)21(11-20,14(3)19(20)23)8-4-5-18(22)25/h6-7,9,13-14,19,24H,4-5,8,10-12H2,1-3H3,(H2,22,25)/t14-,19-,20?,21+/m0/s1. The molecule has 1 saturated heterocycles. The summed E-state index contributed by atoms with van der Waals surface area (Å²) in [5, 5.41) is 10.1. The fraction of sp³-hybridized carbons (Fsp3) is 0.667. The molecule has 1 unspecified atom stereocenters. The van der Waals surface area contributed by atoms with E-state index in [1.165, 1.54) is 24.1 Å². The zero-order valence-corrected chi connectivity index (χ0v) is 15.6. The summed E-state index contributed by atoms with van der Waals surface area (Å²) in [5.74, 6) is 0.672. The van der Waals surface area contributed by atoms with E-state index >= 15 is 0 Å². The lowest BCUT2D eigenvalue weighted by atomic mass is 9.61. The molecule has 1 aromatic carbocycles. The molecule has 1 spiro atoms. The predicted molar refractivity (Wildman–Crippen MR) is 98.4 cm³/mol. The molecule has 1 aliphatic heterocycles. The number of nitrogens with two attached hydrogens (primary N) is 1. The van der Waals surface area contributed by atoms with Gasteiger partial charge in [0.2, 0.25) is 5.91 Å². The topological polar surface area (TPSA) is 66.6 Å². The van der Waals surface area contributed by atoms with Gasteiger partial charge in [0.15, 0.2) is 0 Å². The Hall–Kier alpha value is -1.55. The summed E-state index contributed by atoms with van der Waals surface area (Å²) < 4.78 is 0. The van der Waals surface area contributed by atoms with Crippen LogP contribution in [0, 0.1) is 11.3 Å². The van der Waals surface area contributed by atoms with Crippen LogP contribution in [0.4, 0.5) is 0 Å². The fourth-order valence-corrected chi connectivity index (χ4v) is 6.52. The van der Waals surface area contributed by atoms with Gasteiger partial charge in [-0.25, -0.2) is 0 Å². The number of carbonyl (C=O) groups excluding carboxylic acids is 1. The second kappa shape index (κ2) is 5.47. The molecule has 3 aliphatic rings. The van der Waals surface area contributed by atoms with Crippen molar-refractivity contribution in [2.45, 2.75) is 70.4 Å². The van der Waals surface area contributed by atoms with E-state index in [4.69, 9.17) is 5.73 Å². The van der Waals surface area contributed by atoms with Crippen molar-refractivity contribution < 1.29 is 9.90 Å². The van der Waals surface area contributed by atoms with Crippen molar-refractivity contribution in [3.8, 4) is 5.75 Å². The number of nitrogens with zero attached hydrogens (tertiary/aromatic N) is 1. The summed E-state index contributed by atoms with van der Waals surface area (Å²) in [6, 6.07) is 7.12. The molecule has 25 heavy (non-hydrogen) atoms. The number of aromatic hydroxyl groups is 1. The highest BCUT2D eigenvalue weighted by molar-refractivity contribution is 5.73. The predicted octanol–water partition coefficient (Wildman–Crippen LogP) is 2.96. The first-order chi connectivity index (χ1) is 11.8. The van der Waals surface area contributed by atoms with Crippen LogP contribution in [0.1, 0.15) is 57.6 Å². The Morgan fingerprint density at radius 1 is 1.44 bits per heavy atom. The highest BCUT2D eigenvalue weighted by atomic mass is 16.3. The van der Waals surface area contributed by atoms with Gasteiger partial charge >= 0.3 is 0 Å². The van der Waals surface area contributed by atoms with Crippen LogP contribution in [0.25, 0.3) is 0 Å². The summed E-state index contributed by atoms with van der Waals surface area (Å²) in [6.07, 6.45) is 4.58. The summed E-state index contributed by atoms with van der Waals surface area (Å²) in [7, 11) is 0. The Balaban J connectivity index is 1.76. The number of benzene rings is 1. The number of phenols is 1. The van der Waals surface area contributed by atoms with Crippen molar-refractivity contribution >= 4 is 5.91 Å². The molecular formula is C21H30N2O2. The van der Waals surface area contributed by atoms with Gasteiger partial charge in [-0.15, -0.1) is 0 Å². The smallest absolute Gasteiger partial charge is 0.217 e. The Kier molecular flexibility index (Phi) is 3.70. The Bertz CT molecular complexity index is 716. The quantitative estimate of drug-likeness (QED) is 0.864. The van der Waals surface area contributed by atoms with Crippen molar-refractivity contribution in [1.29, 1.82) is 0 Å². The van der Waals surface area contributed by atoms with Gasteiger partial charge in [0.05, 0.1) is 0 Å². The zero-order chi connectivity index (χ0) is 18.0. The summed E-state index contributed by atoms with van der Waals surface area (Å²) in [5.41, 5.74) is 8.57. The molecule has 4 heteroatoms. The molecule has 2 bridgehead atoms. The van der Waals surface area contributed by atoms with Crippen molar-refractivity contribution in [3.63, 3.8) is 0 Å². The lowest BCUT2D eigenvalue weighted by molar-refractivity contribution is -0.118. The average Bonchev–Trinajstić information content (AvgIpc) is 2.65. The molecule has 2 aliphatic carbocycles. The Labute approximate surface area is 150 Å². The third-order valence-electron chi connectivity index (χ3n) is 7.38. The van der Waals surface area contributed by atoms with Crippen LogP contribution < -0.4 is 5.73 Å². The van der Waals surface area contributed by atoms with Crippen LogP contribution in [-0.4, -0.2) is 34.5 Å². The van der Waals surface area contributed by atoms with Gasteiger partial charge in [0.1, 0.15) is 5.75 Å². The minimum atomic E-state index is -0.213. The van der Waals surface area contributed by atoms with E-state index in [2.05, 4.69) is 31.7 Å². The van der Waals surface area contributed by atoms with Crippen LogP contribution in [0.5, 0.6) is 5.75 Å². The van der Waals surface area contributed by atoms with Gasteiger partial charge in [0, 0.05) is 35.9 Å². The van der Waals surface area contributed by atoms with Crippen LogP contribution in [0.2, 0.25) is 0 Å². The van der Waals surface area contributed by atoms with E-state index in [0.29, 0.717) is 35.6 Å². The summed E-state index contributed by atoms with van der Waals surface area (Å²) in [6.45, 7) is 8.16. The van der Waals surface area contributed by atoms with Gasteiger partial charge in [0.25, 0.3) is 0 Å². The number of hydrogen-bond donors (Lipinski definition) is 2. The molecule has 2 fully saturated rings. The fourth-order valence-electron chi connectivity index (χ4n) is 6.52. The molecule has 0 radical (unpaired) electrons. The minimum Gasteiger partial charge on any atom is -0.508 e. The Morgan fingerprint density at radius 3 is 2.88 bits per heavy atom. The number of carbonyl (C=O) groups is 1. The van der Waals surface area contributed by atoms with Crippen LogP contribution in [-0.2, 0) is 16.6 Å². The zero-order valence-electron chi connectivity index (χ0n) is 15.6. The van der Waals surface area contributed by atoms with E-state index in [1.807, 2.05) is 12.1 Å². The average molecular weight is 342 g/mol. The van der Waals surface area contributed by atoms with E-state index < -0.39 is 0 Å². The van der Waals surface area contributed by atoms with Gasteiger partial charge in [-0.1, -0.05) is 13.0 Å². The van der Waals surface area contributed by atoms with Crippen LogP contribution >= 0.6 is 0 Å². The van der Waals surface area contributed by atoms with Gasteiger partial charge < -0.3 is 10.8 Å². The van der Waals surface area contributed by atoms with Crippen LogP contribution in [0.15, 0.2) is 18.2 Å². The molecular weight excluding hydrogens is 312 g/mol. The van der Waals surface area contributed by atoms with E-state index in [9.17, 15) is 9.90 Å². The molecule has 4 rings (SSSR count). The van der Waals surface area contributed by atoms with Crippen molar-refractivity contribution in [2.75, 3.05) is 6.54 Å². The summed E-state index contributed by atoms with van der Waals surface area (Å²) in [4.78, 5) is 13.9. The number of amides is 1. The second-order valence-corrected chi connectivity index (χ2v) is 9.03.